The number of nitrogens with one attached hydrogen (secondary N) is 1. The zero-order chi connectivity index (χ0) is 14.8. The van der Waals surface area contributed by atoms with Gasteiger partial charge in [0.1, 0.15) is 5.82 Å². The third-order valence-corrected chi connectivity index (χ3v) is 3.57. The van der Waals surface area contributed by atoms with Crippen molar-refractivity contribution in [2.75, 3.05) is 11.9 Å². The summed E-state index contributed by atoms with van der Waals surface area (Å²) in [6, 6.07) is 4.44. The number of benzene rings is 1. The summed E-state index contributed by atoms with van der Waals surface area (Å²) in [6.45, 7) is 2.18. The highest BCUT2D eigenvalue weighted by molar-refractivity contribution is 7.15. The van der Waals surface area contributed by atoms with Crippen LogP contribution in [0.3, 0.4) is 0 Å². The highest BCUT2D eigenvalue weighted by Gasteiger charge is 2.35. The monoisotopic (exact) mass is 305 g/mol. The molecule has 0 bridgehead atoms. The minimum absolute atomic E-state index is 0.122. The fourth-order valence-corrected chi connectivity index (χ4v) is 2.29. The van der Waals surface area contributed by atoms with Crippen LogP contribution in [-0.2, 0) is 12.6 Å². The van der Waals surface area contributed by atoms with Crippen LogP contribution in [-0.4, -0.2) is 16.7 Å². The molecule has 0 aliphatic heterocycles. The van der Waals surface area contributed by atoms with Gasteiger partial charge in [0.05, 0.1) is 0 Å². The van der Waals surface area contributed by atoms with Gasteiger partial charge in [-0.05, 0) is 36.6 Å². The van der Waals surface area contributed by atoms with E-state index in [-0.39, 0.29) is 10.9 Å². The standard InChI is InChI=1S/C12H11F4N3S/c1-7-6-9(13)3-2-8(7)4-5-17-11-19-18-10(20-11)12(14,15)16/h2-3,6H,4-5H2,1H3,(H,17,19). The van der Waals surface area contributed by atoms with Crippen LogP contribution in [0.15, 0.2) is 18.2 Å². The Morgan fingerprint density at radius 1 is 1.25 bits per heavy atom. The van der Waals surface area contributed by atoms with Gasteiger partial charge in [-0.15, -0.1) is 10.2 Å². The summed E-state index contributed by atoms with van der Waals surface area (Å²) in [6.07, 6.45) is -3.90. The van der Waals surface area contributed by atoms with E-state index in [4.69, 9.17) is 0 Å². The number of halogens is 4. The van der Waals surface area contributed by atoms with Crippen molar-refractivity contribution in [2.24, 2.45) is 0 Å². The fraction of sp³-hybridized carbons (Fsp3) is 0.333. The smallest absolute Gasteiger partial charge is 0.360 e. The molecule has 20 heavy (non-hydrogen) atoms. The van der Waals surface area contributed by atoms with Crippen molar-refractivity contribution >= 4 is 16.5 Å². The molecule has 1 N–H and O–H groups in total. The van der Waals surface area contributed by atoms with Crippen molar-refractivity contribution in [3.63, 3.8) is 0 Å². The molecule has 3 nitrogen and oxygen atoms in total. The molecule has 0 radical (unpaired) electrons. The number of rotatable bonds is 4. The lowest BCUT2D eigenvalue weighted by atomic mass is 10.1. The number of aromatic nitrogens is 2. The van der Waals surface area contributed by atoms with Crippen molar-refractivity contribution in [1.29, 1.82) is 0 Å². The van der Waals surface area contributed by atoms with Crippen molar-refractivity contribution < 1.29 is 17.6 Å². The largest absolute Gasteiger partial charge is 0.445 e. The molecule has 8 heteroatoms. The number of hydrogen-bond acceptors (Lipinski definition) is 4. The van der Waals surface area contributed by atoms with Gasteiger partial charge in [0.2, 0.25) is 10.1 Å². The Morgan fingerprint density at radius 2 is 2.00 bits per heavy atom. The van der Waals surface area contributed by atoms with Gasteiger partial charge in [-0.1, -0.05) is 17.4 Å². The number of aryl methyl sites for hydroxylation is 1. The second-order valence-corrected chi connectivity index (χ2v) is 5.14. The molecule has 1 heterocycles. The van der Waals surface area contributed by atoms with Crippen molar-refractivity contribution in [1.82, 2.24) is 10.2 Å². The van der Waals surface area contributed by atoms with Gasteiger partial charge in [-0.25, -0.2) is 4.39 Å². The molecule has 108 valence electrons. The zero-order valence-corrected chi connectivity index (χ0v) is 11.3. The molecule has 0 unspecified atom stereocenters. The Bertz CT molecular complexity index is 595. The molecular formula is C12H11F4N3S. The molecule has 0 aliphatic carbocycles. The molecule has 0 aliphatic rings. The van der Waals surface area contributed by atoms with Gasteiger partial charge in [0.25, 0.3) is 0 Å². The molecular weight excluding hydrogens is 294 g/mol. The molecule has 2 aromatic rings. The molecule has 0 saturated heterocycles. The maximum Gasteiger partial charge on any atom is 0.445 e. The minimum atomic E-state index is -4.47. The molecule has 0 fully saturated rings. The number of anilines is 1. The number of nitrogens with zero attached hydrogens (tertiary/aromatic N) is 2. The second-order valence-electron chi connectivity index (χ2n) is 4.16. The topological polar surface area (TPSA) is 37.8 Å². The molecule has 0 spiro atoms. The second kappa shape index (κ2) is 5.74. The van der Waals surface area contributed by atoms with Crippen molar-refractivity contribution in [3.05, 3.63) is 40.2 Å². The summed E-state index contributed by atoms with van der Waals surface area (Å²) in [5, 5.41) is 8.43. The van der Waals surface area contributed by atoms with E-state index in [0.29, 0.717) is 24.3 Å². The zero-order valence-electron chi connectivity index (χ0n) is 10.5. The van der Waals surface area contributed by atoms with Crippen LogP contribution in [0.5, 0.6) is 0 Å². The number of alkyl halides is 3. The van der Waals surface area contributed by atoms with Gasteiger partial charge < -0.3 is 5.32 Å². The summed E-state index contributed by atoms with van der Waals surface area (Å²) in [4.78, 5) is 0. The highest BCUT2D eigenvalue weighted by atomic mass is 32.1. The Hall–Kier alpha value is -1.70. The first-order valence-corrected chi connectivity index (χ1v) is 6.57. The summed E-state index contributed by atoms with van der Waals surface area (Å²) < 4.78 is 49.9. The predicted molar refractivity (Wildman–Crippen MR) is 68.2 cm³/mol. The Labute approximate surface area is 116 Å². The average molecular weight is 305 g/mol. The average Bonchev–Trinajstić information content (AvgIpc) is 2.80. The van der Waals surface area contributed by atoms with Crippen molar-refractivity contribution in [3.8, 4) is 0 Å². The molecule has 1 aromatic carbocycles. The highest BCUT2D eigenvalue weighted by Crippen LogP contribution is 2.32. The SMILES string of the molecule is Cc1cc(F)ccc1CCNc1nnc(C(F)(F)F)s1. The van der Waals surface area contributed by atoms with Crippen LogP contribution in [0, 0.1) is 12.7 Å². The summed E-state index contributed by atoms with van der Waals surface area (Å²) in [5.74, 6) is -0.307. The Kier molecular flexibility index (Phi) is 4.22. The first kappa shape index (κ1) is 14.7. The molecule has 0 amide bonds. The summed E-state index contributed by atoms with van der Waals surface area (Å²) in [5.41, 5.74) is 1.74. The third-order valence-electron chi connectivity index (χ3n) is 2.64. The van der Waals surface area contributed by atoms with Gasteiger partial charge in [0.15, 0.2) is 0 Å². The van der Waals surface area contributed by atoms with E-state index >= 15 is 0 Å². The van der Waals surface area contributed by atoms with E-state index in [1.54, 1.807) is 13.0 Å². The normalized spacial score (nSPS) is 11.7. The van der Waals surface area contributed by atoms with E-state index < -0.39 is 11.2 Å². The van der Waals surface area contributed by atoms with E-state index in [9.17, 15) is 17.6 Å². The van der Waals surface area contributed by atoms with Gasteiger partial charge in [-0.3, -0.25) is 0 Å². The van der Waals surface area contributed by atoms with E-state index in [1.165, 1.54) is 12.1 Å². The van der Waals surface area contributed by atoms with Crippen molar-refractivity contribution in [2.45, 2.75) is 19.5 Å². The minimum Gasteiger partial charge on any atom is -0.360 e. The van der Waals surface area contributed by atoms with Gasteiger partial charge >= 0.3 is 6.18 Å². The number of hydrogen-bond donors (Lipinski definition) is 1. The molecule has 2 rings (SSSR count). The molecule has 0 atom stereocenters. The summed E-state index contributed by atoms with van der Waals surface area (Å²) >= 11 is 0.463. The van der Waals surface area contributed by atoms with Crippen LogP contribution in [0.1, 0.15) is 16.1 Å². The van der Waals surface area contributed by atoms with Crippen LogP contribution >= 0.6 is 11.3 Å². The van der Waals surface area contributed by atoms with Crippen LogP contribution in [0.2, 0.25) is 0 Å². The Morgan fingerprint density at radius 3 is 2.60 bits per heavy atom. The molecule has 0 saturated carbocycles. The lowest BCUT2D eigenvalue weighted by molar-refractivity contribution is -0.138. The van der Waals surface area contributed by atoms with Crippen LogP contribution < -0.4 is 5.32 Å². The summed E-state index contributed by atoms with van der Waals surface area (Å²) in [7, 11) is 0. The first-order chi connectivity index (χ1) is 9.36. The fourth-order valence-electron chi connectivity index (χ4n) is 1.65. The van der Waals surface area contributed by atoms with Gasteiger partial charge in [-0.2, -0.15) is 13.2 Å². The Balaban J connectivity index is 1.91. The van der Waals surface area contributed by atoms with Crippen LogP contribution in [0.4, 0.5) is 22.7 Å². The van der Waals surface area contributed by atoms with E-state index in [1.807, 2.05) is 0 Å². The third kappa shape index (κ3) is 3.66. The van der Waals surface area contributed by atoms with Crippen LogP contribution in [0.25, 0.3) is 0 Å². The molecule has 1 aromatic heterocycles. The lowest BCUT2D eigenvalue weighted by Gasteiger charge is -2.06. The van der Waals surface area contributed by atoms with E-state index in [2.05, 4.69) is 15.5 Å². The van der Waals surface area contributed by atoms with E-state index in [0.717, 1.165) is 11.1 Å². The maximum atomic E-state index is 12.9. The first-order valence-electron chi connectivity index (χ1n) is 5.76. The predicted octanol–water partition coefficient (Wildman–Crippen LogP) is 3.66. The lowest BCUT2D eigenvalue weighted by Crippen LogP contribution is -2.05. The quantitative estimate of drug-likeness (QED) is 0.876. The van der Waals surface area contributed by atoms with Gasteiger partial charge in [0, 0.05) is 6.54 Å². The maximum absolute atomic E-state index is 12.9.